The molecule has 1 heterocycles. The summed E-state index contributed by atoms with van der Waals surface area (Å²) >= 11 is 5.34. The standard InChI is InChI=1S/C24H29N3O2S/c1-17(2)18-11-13-19(14-12-18)22(28)26-24(30)25-21-10-6-5-9-20(21)23(29)27-15-7-3-4-8-16-27/h5-6,9-14,17H,3-4,7-8,15-16H2,1-2H3,(H2,25,26,28,30). The van der Waals surface area contributed by atoms with Crippen LogP contribution >= 0.6 is 12.2 Å². The zero-order valence-corrected chi connectivity index (χ0v) is 18.4. The Hall–Kier alpha value is -2.73. The van der Waals surface area contributed by atoms with Crippen molar-refractivity contribution in [2.24, 2.45) is 0 Å². The number of thiocarbonyl (C=S) groups is 1. The van der Waals surface area contributed by atoms with E-state index in [0.717, 1.165) is 38.8 Å². The van der Waals surface area contributed by atoms with Crippen molar-refractivity contribution >= 4 is 34.8 Å². The number of carbonyl (C=O) groups is 2. The molecular weight excluding hydrogens is 394 g/mol. The SMILES string of the molecule is CC(C)c1ccc(C(=O)NC(=S)Nc2ccccc2C(=O)N2CCCCCC2)cc1. The Labute approximate surface area is 183 Å². The minimum Gasteiger partial charge on any atom is -0.339 e. The summed E-state index contributed by atoms with van der Waals surface area (Å²) in [4.78, 5) is 27.5. The third kappa shape index (κ3) is 5.66. The Morgan fingerprint density at radius 1 is 0.933 bits per heavy atom. The Kier molecular flexibility index (Phi) is 7.57. The van der Waals surface area contributed by atoms with Gasteiger partial charge in [0.2, 0.25) is 0 Å². The van der Waals surface area contributed by atoms with Gasteiger partial charge in [0.05, 0.1) is 11.3 Å². The lowest BCUT2D eigenvalue weighted by molar-refractivity contribution is 0.0762. The second kappa shape index (κ2) is 10.3. The van der Waals surface area contributed by atoms with E-state index < -0.39 is 0 Å². The van der Waals surface area contributed by atoms with Crippen LogP contribution in [0.3, 0.4) is 0 Å². The first-order valence-corrected chi connectivity index (χ1v) is 11.0. The Bertz CT molecular complexity index is 901. The van der Waals surface area contributed by atoms with Gasteiger partial charge in [0.15, 0.2) is 5.11 Å². The molecule has 0 aromatic heterocycles. The van der Waals surface area contributed by atoms with Gasteiger partial charge < -0.3 is 10.2 Å². The van der Waals surface area contributed by atoms with Gasteiger partial charge in [0, 0.05) is 18.7 Å². The molecule has 0 bridgehead atoms. The molecule has 0 aliphatic carbocycles. The molecule has 2 aromatic rings. The summed E-state index contributed by atoms with van der Waals surface area (Å²) in [7, 11) is 0. The van der Waals surface area contributed by atoms with Crippen LogP contribution in [0, 0.1) is 0 Å². The summed E-state index contributed by atoms with van der Waals surface area (Å²) in [6.07, 6.45) is 4.40. The van der Waals surface area contributed by atoms with E-state index in [2.05, 4.69) is 24.5 Å². The monoisotopic (exact) mass is 423 g/mol. The first-order chi connectivity index (χ1) is 14.5. The minimum atomic E-state index is -0.279. The van der Waals surface area contributed by atoms with Crippen molar-refractivity contribution in [1.82, 2.24) is 10.2 Å². The molecule has 1 aliphatic rings. The van der Waals surface area contributed by atoms with Crippen LogP contribution in [0.15, 0.2) is 48.5 Å². The number of rotatable bonds is 4. The summed E-state index contributed by atoms with van der Waals surface area (Å²) < 4.78 is 0. The fourth-order valence-electron chi connectivity index (χ4n) is 3.57. The largest absolute Gasteiger partial charge is 0.339 e. The molecule has 2 N–H and O–H groups in total. The first kappa shape index (κ1) is 22.0. The van der Waals surface area contributed by atoms with Crippen LogP contribution < -0.4 is 10.6 Å². The Morgan fingerprint density at radius 3 is 2.20 bits per heavy atom. The van der Waals surface area contributed by atoms with E-state index in [9.17, 15) is 9.59 Å². The maximum absolute atomic E-state index is 13.0. The predicted molar refractivity (Wildman–Crippen MR) is 125 cm³/mol. The first-order valence-electron chi connectivity index (χ1n) is 10.6. The summed E-state index contributed by atoms with van der Waals surface area (Å²) in [5.41, 5.74) is 2.88. The van der Waals surface area contributed by atoms with E-state index in [4.69, 9.17) is 12.2 Å². The molecule has 5 nitrogen and oxygen atoms in total. The smallest absolute Gasteiger partial charge is 0.257 e. The summed E-state index contributed by atoms with van der Waals surface area (Å²) in [6, 6.07) is 14.8. The van der Waals surface area contributed by atoms with Crippen molar-refractivity contribution in [1.29, 1.82) is 0 Å². The number of likely N-dealkylation sites (tertiary alicyclic amines) is 1. The van der Waals surface area contributed by atoms with Gasteiger partial charge >= 0.3 is 0 Å². The van der Waals surface area contributed by atoms with Gasteiger partial charge in [-0.3, -0.25) is 14.9 Å². The van der Waals surface area contributed by atoms with E-state index in [0.29, 0.717) is 22.7 Å². The van der Waals surface area contributed by atoms with E-state index >= 15 is 0 Å². The topological polar surface area (TPSA) is 61.4 Å². The van der Waals surface area contributed by atoms with Gasteiger partial charge in [-0.2, -0.15) is 0 Å². The van der Waals surface area contributed by atoms with E-state index in [1.165, 1.54) is 5.56 Å². The zero-order chi connectivity index (χ0) is 21.5. The highest BCUT2D eigenvalue weighted by atomic mass is 32.1. The number of carbonyl (C=O) groups excluding carboxylic acids is 2. The van der Waals surface area contributed by atoms with Gasteiger partial charge in [-0.05, 0) is 60.8 Å². The highest BCUT2D eigenvalue weighted by Gasteiger charge is 2.20. The molecule has 0 radical (unpaired) electrons. The lowest BCUT2D eigenvalue weighted by Crippen LogP contribution is -2.36. The van der Waals surface area contributed by atoms with Crippen molar-refractivity contribution in [3.8, 4) is 0 Å². The van der Waals surface area contributed by atoms with E-state index in [1.807, 2.05) is 29.2 Å². The molecule has 0 saturated carbocycles. The Balaban J connectivity index is 1.66. The lowest BCUT2D eigenvalue weighted by atomic mass is 10.0. The molecule has 0 atom stereocenters. The zero-order valence-electron chi connectivity index (χ0n) is 17.6. The second-order valence-corrected chi connectivity index (χ2v) is 8.35. The van der Waals surface area contributed by atoms with Crippen LogP contribution in [-0.4, -0.2) is 34.9 Å². The average molecular weight is 424 g/mol. The van der Waals surface area contributed by atoms with Crippen LogP contribution in [0.4, 0.5) is 5.69 Å². The molecule has 2 aromatic carbocycles. The number of anilines is 1. The van der Waals surface area contributed by atoms with Crippen LogP contribution in [-0.2, 0) is 0 Å². The molecule has 3 rings (SSSR count). The highest BCUT2D eigenvalue weighted by Crippen LogP contribution is 2.20. The molecule has 0 unspecified atom stereocenters. The summed E-state index contributed by atoms with van der Waals surface area (Å²) in [5, 5.41) is 5.90. The fraction of sp³-hybridized carbons (Fsp3) is 0.375. The molecule has 0 spiro atoms. The van der Waals surface area contributed by atoms with Crippen molar-refractivity contribution < 1.29 is 9.59 Å². The molecule has 2 amide bonds. The van der Waals surface area contributed by atoms with Gasteiger partial charge in [0.25, 0.3) is 11.8 Å². The molecule has 1 aliphatic heterocycles. The lowest BCUT2D eigenvalue weighted by Gasteiger charge is -2.22. The van der Waals surface area contributed by atoms with Gasteiger partial charge in [0.1, 0.15) is 0 Å². The van der Waals surface area contributed by atoms with E-state index in [1.54, 1.807) is 24.3 Å². The molecule has 1 saturated heterocycles. The normalized spacial score (nSPS) is 14.2. The van der Waals surface area contributed by atoms with Gasteiger partial charge in [-0.15, -0.1) is 0 Å². The summed E-state index contributed by atoms with van der Waals surface area (Å²) in [6.45, 7) is 5.78. The Morgan fingerprint density at radius 2 is 1.57 bits per heavy atom. The van der Waals surface area contributed by atoms with E-state index in [-0.39, 0.29) is 16.9 Å². The molecule has 30 heavy (non-hydrogen) atoms. The second-order valence-electron chi connectivity index (χ2n) is 7.94. The third-order valence-electron chi connectivity index (χ3n) is 5.37. The van der Waals surface area contributed by atoms with Crippen LogP contribution in [0.25, 0.3) is 0 Å². The maximum Gasteiger partial charge on any atom is 0.257 e. The van der Waals surface area contributed by atoms with Gasteiger partial charge in [-0.25, -0.2) is 0 Å². The number of benzene rings is 2. The number of nitrogens with one attached hydrogen (secondary N) is 2. The number of nitrogens with zero attached hydrogens (tertiary/aromatic N) is 1. The van der Waals surface area contributed by atoms with Gasteiger partial charge in [-0.1, -0.05) is 51.0 Å². The number of para-hydroxylation sites is 1. The number of amides is 2. The van der Waals surface area contributed by atoms with Crippen molar-refractivity contribution in [2.45, 2.75) is 45.4 Å². The predicted octanol–water partition coefficient (Wildman–Crippen LogP) is 4.95. The average Bonchev–Trinajstić information content (AvgIpc) is 3.03. The minimum absolute atomic E-state index is 0.00148. The van der Waals surface area contributed by atoms with Crippen LogP contribution in [0.5, 0.6) is 0 Å². The van der Waals surface area contributed by atoms with Crippen molar-refractivity contribution in [3.05, 3.63) is 65.2 Å². The van der Waals surface area contributed by atoms with Crippen molar-refractivity contribution in [2.75, 3.05) is 18.4 Å². The highest BCUT2D eigenvalue weighted by molar-refractivity contribution is 7.80. The fourth-order valence-corrected chi connectivity index (χ4v) is 3.77. The van der Waals surface area contributed by atoms with Crippen LogP contribution in [0.2, 0.25) is 0 Å². The third-order valence-corrected chi connectivity index (χ3v) is 5.57. The summed E-state index contributed by atoms with van der Waals surface area (Å²) in [5.74, 6) is 0.126. The van der Waals surface area contributed by atoms with Crippen LogP contribution in [0.1, 0.15) is 71.7 Å². The molecule has 1 fully saturated rings. The maximum atomic E-state index is 13.0. The molecule has 158 valence electrons. The van der Waals surface area contributed by atoms with Crippen molar-refractivity contribution in [3.63, 3.8) is 0 Å². The molecular formula is C24H29N3O2S. The number of hydrogen-bond donors (Lipinski definition) is 2. The number of hydrogen-bond acceptors (Lipinski definition) is 3. The quantitative estimate of drug-likeness (QED) is 0.683. The molecule has 6 heteroatoms.